The van der Waals surface area contributed by atoms with Gasteiger partial charge in [0, 0.05) is 24.0 Å². The molecular formula is C22H21ClN4O3. The standard InChI is InChI=1S/C22H21ClN4O3/c1-12-4-9-17(13(2)10-12)24-20(28)16-11-26(3)19-18(16)25-22(30)27(21(19)29)15-7-5-14(23)6-8-15/h4-11,18-19H,1-3H3,(H,24,28)(H,25,30). The molecule has 154 valence electrons. The number of anilines is 2. The van der Waals surface area contributed by atoms with E-state index in [0.717, 1.165) is 16.0 Å². The fourth-order valence-electron chi connectivity index (χ4n) is 3.87. The van der Waals surface area contributed by atoms with Crippen molar-refractivity contribution in [1.29, 1.82) is 0 Å². The number of carbonyl (C=O) groups is 3. The molecule has 8 heteroatoms. The van der Waals surface area contributed by atoms with Crippen LogP contribution in [0.4, 0.5) is 16.2 Å². The van der Waals surface area contributed by atoms with Gasteiger partial charge in [-0.25, -0.2) is 9.69 Å². The average molecular weight is 425 g/mol. The van der Waals surface area contributed by atoms with Gasteiger partial charge in [-0.15, -0.1) is 0 Å². The molecule has 2 N–H and O–H groups in total. The van der Waals surface area contributed by atoms with Gasteiger partial charge in [-0.3, -0.25) is 9.59 Å². The minimum absolute atomic E-state index is 0.333. The number of urea groups is 1. The smallest absolute Gasteiger partial charge is 0.329 e. The molecule has 30 heavy (non-hydrogen) atoms. The summed E-state index contributed by atoms with van der Waals surface area (Å²) in [7, 11) is 1.71. The van der Waals surface area contributed by atoms with Crippen LogP contribution in [0.25, 0.3) is 0 Å². The highest BCUT2D eigenvalue weighted by Gasteiger charge is 2.49. The predicted molar refractivity (Wildman–Crippen MR) is 115 cm³/mol. The lowest BCUT2D eigenvalue weighted by Gasteiger charge is -2.37. The summed E-state index contributed by atoms with van der Waals surface area (Å²) in [5.41, 5.74) is 3.47. The van der Waals surface area contributed by atoms with Gasteiger partial charge in [0.25, 0.3) is 11.8 Å². The SMILES string of the molecule is Cc1ccc(NC(=O)C2=CN(C)C3C(=O)N(c4ccc(Cl)cc4)C(=O)NC23)c(C)c1. The van der Waals surface area contributed by atoms with Crippen molar-refractivity contribution in [2.45, 2.75) is 25.9 Å². The molecule has 4 rings (SSSR count). The van der Waals surface area contributed by atoms with E-state index in [2.05, 4.69) is 10.6 Å². The van der Waals surface area contributed by atoms with E-state index in [0.29, 0.717) is 22.0 Å². The van der Waals surface area contributed by atoms with E-state index in [4.69, 9.17) is 11.6 Å². The summed E-state index contributed by atoms with van der Waals surface area (Å²) in [6, 6.07) is 10.1. The summed E-state index contributed by atoms with van der Waals surface area (Å²) in [4.78, 5) is 41.6. The number of benzene rings is 2. The van der Waals surface area contributed by atoms with Gasteiger partial charge in [0.05, 0.1) is 17.3 Å². The summed E-state index contributed by atoms with van der Waals surface area (Å²) < 4.78 is 0. The highest BCUT2D eigenvalue weighted by Crippen LogP contribution is 2.30. The third kappa shape index (κ3) is 3.41. The Bertz CT molecular complexity index is 1080. The van der Waals surface area contributed by atoms with Crippen LogP contribution in [0.3, 0.4) is 0 Å². The largest absolute Gasteiger partial charge is 0.366 e. The molecule has 2 heterocycles. The number of fused-ring (bicyclic) bond motifs is 1. The first kappa shape index (κ1) is 20.0. The summed E-state index contributed by atoms with van der Waals surface area (Å²) in [6.45, 7) is 3.89. The van der Waals surface area contributed by atoms with Gasteiger partial charge in [0.15, 0.2) is 0 Å². The second-order valence-electron chi connectivity index (χ2n) is 7.54. The molecule has 2 atom stereocenters. The maximum absolute atomic E-state index is 13.2. The van der Waals surface area contributed by atoms with Crippen molar-refractivity contribution in [1.82, 2.24) is 10.2 Å². The number of amides is 4. The third-order valence-corrected chi connectivity index (χ3v) is 5.62. The quantitative estimate of drug-likeness (QED) is 0.792. The van der Waals surface area contributed by atoms with Gasteiger partial charge in [-0.05, 0) is 49.7 Å². The highest BCUT2D eigenvalue weighted by atomic mass is 35.5. The van der Waals surface area contributed by atoms with Gasteiger partial charge < -0.3 is 15.5 Å². The number of hydrogen-bond acceptors (Lipinski definition) is 4. The van der Waals surface area contributed by atoms with Crippen LogP contribution in [0.1, 0.15) is 11.1 Å². The minimum atomic E-state index is -0.732. The molecule has 7 nitrogen and oxygen atoms in total. The van der Waals surface area contributed by atoms with Crippen molar-refractivity contribution in [3.63, 3.8) is 0 Å². The second-order valence-corrected chi connectivity index (χ2v) is 7.98. The zero-order chi connectivity index (χ0) is 21.6. The molecule has 0 bridgehead atoms. The Kier molecular flexibility index (Phi) is 4.99. The number of halogens is 1. The molecule has 2 aliphatic rings. The van der Waals surface area contributed by atoms with E-state index in [1.807, 2.05) is 32.0 Å². The van der Waals surface area contributed by atoms with Crippen LogP contribution in [0.2, 0.25) is 5.02 Å². The molecule has 1 fully saturated rings. The summed E-state index contributed by atoms with van der Waals surface area (Å²) in [6.07, 6.45) is 1.61. The molecule has 4 amide bonds. The van der Waals surface area contributed by atoms with E-state index in [-0.39, 0.29) is 5.91 Å². The summed E-state index contributed by atoms with van der Waals surface area (Å²) in [5, 5.41) is 6.20. The number of rotatable bonds is 3. The van der Waals surface area contributed by atoms with Crippen LogP contribution < -0.4 is 15.5 Å². The van der Waals surface area contributed by atoms with Gasteiger partial charge >= 0.3 is 6.03 Å². The van der Waals surface area contributed by atoms with Crippen molar-refractivity contribution in [3.8, 4) is 0 Å². The number of nitrogens with one attached hydrogen (secondary N) is 2. The Morgan fingerprint density at radius 1 is 1.10 bits per heavy atom. The van der Waals surface area contributed by atoms with Crippen LogP contribution in [0, 0.1) is 13.8 Å². The van der Waals surface area contributed by atoms with Crippen LogP contribution in [0.5, 0.6) is 0 Å². The number of imide groups is 1. The van der Waals surface area contributed by atoms with E-state index in [9.17, 15) is 14.4 Å². The fraction of sp³-hybridized carbons (Fsp3) is 0.227. The molecule has 0 aliphatic carbocycles. The normalized spacial score (nSPS) is 20.6. The maximum Gasteiger partial charge on any atom is 0.329 e. The zero-order valence-corrected chi connectivity index (χ0v) is 17.5. The molecule has 2 aromatic carbocycles. The predicted octanol–water partition coefficient (Wildman–Crippen LogP) is 3.22. The lowest BCUT2D eigenvalue weighted by Crippen LogP contribution is -2.65. The average Bonchev–Trinajstić information content (AvgIpc) is 3.02. The maximum atomic E-state index is 13.2. The molecule has 2 aliphatic heterocycles. The Labute approximate surface area is 179 Å². The fourth-order valence-corrected chi connectivity index (χ4v) is 4.00. The van der Waals surface area contributed by atoms with Crippen molar-refractivity contribution in [3.05, 3.63) is 70.4 Å². The molecular weight excluding hydrogens is 404 g/mol. The Morgan fingerprint density at radius 2 is 1.80 bits per heavy atom. The first-order chi connectivity index (χ1) is 14.3. The van der Waals surface area contributed by atoms with Crippen molar-refractivity contribution >= 4 is 40.8 Å². The number of nitrogens with zero attached hydrogens (tertiary/aromatic N) is 2. The Balaban J connectivity index is 1.58. The molecule has 2 aromatic rings. The van der Waals surface area contributed by atoms with E-state index >= 15 is 0 Å². The third-order valence-electron chi connectivity index (χ3n) is 5.36. The van der Waals surface area contributed by atoms with Gasteiger partial charge in [-0.2, -0.15) is 0 Å². The van der Waals surface area contributed by atoms with E-state index < -0.39 is 24.0 Å². The van der Waals surface area contributed by atoms with Gasteiger partial charge in [0.1, 0.15) is 6.04 Å². The number of hydrogen-bond donors (Lipinski definition) is 2. The number of aryl methyl sites for hydroxylation is 2. The number of carbonyl (C=O) groups excluding carboxylic acids is 3. The molecule has 1 saturated heterocycles. The van der Waals surface area contributed by atoms with Crippen LogP contribution in [0.15, 0.2) is 54.2 Å². The lowest BCUT2D eigenvalue weighted by atomic mass is 9.98. The van der Waals surface area contributed by atoms with Crippen LogP contribution in [-0.4, -0.2) is 41.9 Å². The topological polar surface area (TPSA) is 81.8 Å². The minimum Gasteiger partial charge on any atom is -0.366 e. The molecule has 0 aromatic heterocycles. The second kappa shape index (κ2) is 7.50. The molecule has 0 spiro atoms. The van der Waals surface area contributed by atoms with Crippen LogP contribution in [-0.2, 0) is 9.59 Å². The van der Waals surface area contributed by atoms with E-state index in [1.54, 1.807) is 42.4 Å². The molecule has 0 saturated carbocycles. The zero-order valence-electron chi connectivity index (χ0n) is 16.8. The Hall–Kier alpha value is -3.32. The first-order valence-electron chi connectivity index (χ1n) is 9.48. The molecule has 0 radical (unpaired) electrons. The van der Waals surface area contributed by atoms with Gasteiger partial charge in [-0.1, -0.05) is 29.3 Å². The lowest BCUT2D eigenvalue weighted by molar-refractivity contribution is -0.122. The van der Waals surface area contributed by atoms with Crippen LogP contribution >= 0.6 is 11.6 Å². The van der Waals surface area contributed by atoms with Crippen molar-refractivity contribution < 1.29 is 14.4 Å². The van der Waals surface area contributed by atoms with Crippen molar-refractivity contribution in [2.24, 2.45) is 0 Å². The number of likely N-dealkylation sites (N-methyl/N-ethyl adjacent to an activating group) is 1. The summed E-state index contributed by atoms with van der Waals surface area (Å²) >= 11 is 5.91. The first-order valence-corrected chi connectivity index (χ1v) is 9.86. The van der Waals surface area contributed by atoms with E-state index in [1.165, 1.54) is 0 Å². The van der Waals surface area contributed by atoms with Crippen molar-refractivity contribution in [2.75, 3.05) is 17.3 Å². The highest BCUT2D eigenvalue weighted by molar-refractivity contribution is 6.30. The van der Waals surface area contributed by atoms with Gasteiger partial charge in [0.2, 0.25) is 0 Å². The monoisotopic (exact) mass is 424 g/mol. The molecule has 2 unspecified atom stereocenters. The Morgan fingerprint density at radius 3 is 2.47 bits per heavy atom. The summed E-state index contributed by atoms with van der Waals surface area (Å²) in [5.74, 6) is -0.756.